The first-order valence-corrected chi connectivity index (χ1v) is 8.40. The van der Waals surface area contributed by atoms with Crippen LogP contribution in [0.5, 0.6) is 0 Å². The molecule has 0 N–H and O–H groups in total. The van der Waals surface area contributed by atoms with Crippen molar-refractivity contribution in [1.29, 1.82) is 0 Å². The zero-order valence-corrected chi connectivity index (χ0v) is 14.3. The third-order valence-corrected chi connectivity index (χ3v) is 4.83. The maximum Gasteiger partial charge on any atom is 0.279 e. The second-order valence-electron chi connectivity index (χ2n) is 4.79. The molecule has 1 amide bonds. The summed E-state index contributed by atoms with van der Waals surface area (Å²) < 4.78 is 15.7. The number of aryl methyl sites for hydroxylation is 1. The highest BCUT2D eigenvalue weighted by Crippen LogP contribution is 2.29. The predicted octanol–water partition coefficient (Wildman–Crippen LogP) is 4.91. The predicted molar refractivity (Wildman–Crippen MR) is 91.8 cm³/mol. The van der Waals surface area contributed by atoms with Gasteiger partial charge in [-0.3, -0.25) is 4.79 Å². The Kier molecular flexibility index (Phi) is 4.53. The molecule has 1 aromatic heterocycles. The number of hydrogen-bond donors (Lipinski definition) is 0. The number of carbonyl (C=O) groups excluding carboxylic acids is 1. The van der Waals surface area contributed by atoms with Gasteiger partial charge in [0.2, 0.25) is 0 Å². The summed E-state index contributed by atoms with van der Waals surface area (Å²) in [6.07, 6.45) is 0. The molecule has 3 aromatic rings. The molecule has 0 unspecified atom stereocenters. The van der Waals surface area contributed by atoms with E-state index in [0.717, 1.165) is 10.2 Å². The van der Waals surface area contributed by atoms with Gasteiger partial charge in [-0.2, -0.15) is 4.99 Å². The van der Waals surface area contributed by atoms with Gasteiger partial charge in [0.25, 0.3) is 5.91 Å². The lowest BCUT2D eigenvalue weighted by molar-refractivity contribution is 0.0998. The zero-order valence-electron chi connectivity index (χ0n) is 12.0. The minimum atomic E-state index is -0.430. The van der Waals surface area contributed by atoms with Crippen molar-refractivity contribution in [3.63, 3.8) is 0 Å². The van der Waals surface area contributed by atoms with Crippen LogP contribution in [0, 0.1) is 5.82 Å². The number of halogens is 3. The van der Waals surface area contributed by atoms with Crippen molar-refractivity contribution in [2.24, 2.45) is 4.99 Å². The number of amides is 1. The number of carbonyl (C=O) groups is 1. The average Bonchev–Trinajstić information content (AvgIpc) is 2.85. The Balaban J connectivity index is 2.17. The van der Waals surface area contributed by atoms with Crippen molar-refractivity contribution in [2.75, 3.05) is 0 Å². The Morgan fingerprint density at radius 3 is 2.61 bits per heavy atom. The van der Waals surface area contributed by atoms with E-state index in [2.05, 4.69) is 4.99 Å². The van der Waals surface area contributed by atoms with Crippen molar-refractivity contribution < 1.29 is 9.18 Å². The van der Waals surface area contributed by atoms with Crippen LogP contribution in [-0.4, -0.2) is 10.5 Å². The van der Waals surface area contributed by atoms with E-state index in [1.54, 1.807) is 12.1 Å². The highest BCUT2D eigenvalue weighted by Gasteiger charge is 2.12. The minimum absolute atomic E-state index is 0.329. The first-order valence-electron chi connectivity index (χ1n) is 6.82. The number of aromatic nitrogens is 1. The van der Waals surface area contributed by atoms with Crippen molar-refractivity contribution in [3.8, 4) is 0 Å². The van der Waals surface area contributed by atoms with Crippen molar-refractivity contribution in [3.05, 3.63) is 62.6 Å². The van der Waals surface area contributed by atoms with Gasteiger partial charge < -0.3 is 4.57 Å². The molecule has 0 saturated heterocycles. The highest BCUT2D eigenvalue weighted by atomic mass is 35.5. The first-order chi connectivity index (χ1) is 11.0. The Morgan fingerprint density at radius 1 is 1.26 bits per heavy atom. The van der Waals surface area contributed by atoms with Gasteiger partial charge >= 0.3 is 0 Å². The number of nitrogens with zero attached hydrogens (tertiary/aromatic N) is 2. The summed E-state index contributed by atoms with van der Waals surface area (Å²) in [5, 5.41) is 1.05. The number of fused-ring (bicyclic) bond motifs is 1. The van der Waals surface area contributed by atoms with E-state index in [1.165, 1.54) is 35.6 Å². The fourth-order valence-corrected chi connectivity index (χ4v) is 4.13. The molecule has 0 fully saturated rings. The molecule has 0 aliphatic heterocycles. The summed E-state index contributed by atoms with van der Waals surface area (Å²) in [7, 11) is 0. The van der Waals surface area contributed by atoms with Crippen LogP contribution in [0.15, 0.2) is 41.4 Å². The number of benzene rings is 2. The van der Waals surface area contributed by atoms with Gasteiger partial charge in [0.1, 0.15) is 5.82 Å². The average molecular weight is 369 g/mol. The van der Waals surface area contributed by atoms with E-state index < -0.39 is 11.7 Å². The largest absolute Gasteiger partial charge is 0.315 e. The maximum atomic E-state index is 12.9. The molecule has 2 aromatic carbocycles. The summed E-state index contributed by atoms with van der Waals surface area (Å²) in [4.78, 5) is 17.0. The molecule has 1 heterocycles. The van der Waals surface area contributed by atoms with Crippen LogP contribution in [0.4, 0.5) is 4.39 Å². The van der Waals surface area contributed by atoms with Gasteiger partial charge in [-0.25, -0.2) is 4.39 Å². The van der Waals surface area contributed by atoms with E-state index in [-0.39, 0.29) is 0 Å². The molecular formula is C16H11Cl2FN2OS. The van der Waals surface area contributed by atoms with Crippen molar-refractivity contribution in [2.45, 2.75) is 13.5 Å². The Morgan fingerprint density at radius 2 is 1.96 bits per heavy atom. The molecule has 118 valence electrons. The first kappa shape index (κ1) is 16.2. The van der Waals surface area contributed by atoms with Crippen LogP contribution in [0.1, 0.15) is 17.3 Å². The molecule has 23 heavy (non-hydrogen) atoms. The fraction of sp³-hybridized carbons (Fsp3) is 0.125. The number of rotatable bonds is 2. The lowest BCUT2D eigenvalue weighted by atomic mass is 10.2. The van der Waals surface area contributed by atoms with Crippen LogP contribution >= 0.6 is 34.5 Å². The fourth-order valence-electron chi connectivity index (χ4n) is 2.25. The van der Waals surface area contributed by atoms with Crippen LogP contribution in [-0.2, 0) is 6.54 Å². The summed E-state index contributed by atoms with van der Waals surface area (Å²) in [5.74, 6) is -0.825. The second kappa shape index (κ2) is 6.43. The monoisotopic (exact) mass is 368 g/mol. The van der Waals surface area contributed by atoms with Gasteiger partial charge in [0.15, 0.2) is 4.80 Å². The third kappa shape index (κ3) is 3.17. The van der Waals surface area contributed by atoms with Gasteiger partial charge in [0, 0.05) is 17.1 Å². The minimum Gasteiger partial charge on any atom is -0.315 e. The molecule has 3 nitrogen and oxygen atoms in total. The molecule has 3 rings (SSSR count). The van der Waals surface area contributed by atoms with Crippen molar-refractivity contribution >= 4 is 50.7 Å². The maximum absolute atomic E-state index is 12.9. The van der Waals surface area contributed by atoms with Crippen LogP contribution < -0.4 is 4.80 Å². The van der Waals surface area contributed by atoms with E-state index in [4.69, 9.17) is 23.2 Å². The Bertz CT molecular complexity index is 961. The molecule has 0 bridgehead atoms. The smallest absolute Gasteiger partial charge is 0.279 e. The van der Waals surface area contributed by atoms with Crippen LogP contribution in [0.25, 0.3) is 10.2 Å². The molecule has 0 radical (unpaired) electrons. The van der Waals surface area contributed by atoms with E-state index in [0.29, 0.717) is 27.0 Å². The van der Waals surface area contributed by atoms with Gasteiger partial charge in [-0.15, -0.1) is 0 Å². The Labute approximate surface area is 145 Å². The molecule has 7 heteroatoms. The third-order valence-electron chi connectivity index (χ3n) is 3.30. The molecule has 0 aliphatic carbocycles. The number of hydrogen-bond acceptors (Lipinski definition) is 2. The van der Waals surface area contributed by atoms with Gasteiger partial charge in [-0.1, -0.05) is 34.5 Å². The Hall–Kier alpha value is -1.69. The molecule has 0 atom stereocenters. The normalized spacial score (nSPS) is 12.1. The summed E-state index contributed by atoms with van der Waals surface area (Å²) in [6, 6.07) is 8.75. The van der Waals surface area contributed by atoms with E-state index >= 15 is 0 Å². The summed E-state index contributed by atoms with van der Waals surface area (Å²) in [5.41, 5.74) is 1.13. The quantitative estimate of drug-likeness (QED) is 0.632. The summed E-state index contributed by atoms with van der Waals surface area (Å²) >= 11 is 13.6. The van der Waals surface area contributed by atoms with Crippen LogP contribution in [0.3, 0.4) is 0 Å². The zero-order chi connectivity index (χ0) is 16.6. The van der Waals surface area contributed by atoms with Gasteiger partial charge in [0.05, 0.1) is 15.2 Å². The topological polar surface area (TPSA) is 34.4 Å². The standard InChI is InChI=1S/C16H11Cl2FN2OS/c1-2-21-14-12(18)7-10(17)8-13(14)23-16(21)20-15(22)9-3-5-11(19)6-4-9/h3-8H,2H2,1H3. The number of thiazole rings is 1. The van der Waals surface area contributed by atoms with Gasteiger partial charge in [-0.05, 0) is 43.3 Å². The SMILES string of the molecule is CCn1c(=NC(=O)c2ccc(F)cc2)sc2cc(Cl)cc(Cl)c21. The van der Waals surface area contributed by atoms with E-state index in [1.807, 2.05) is 11.5 Å². The molecule has 0 saturated carbocycles. The van der Waals surface area contributed by atoms with E-state index in [9.17, 15) is 9.18 Å². The molecule has 0 aliphatic rings. The van der Waals surface area contributed by atoms with Crippen molar-refractivity contribution in [1.82, 2.24) is 4.57 Å². The summed E-state index contributed by atoms with van der Waals surface area (Å²) in [6.45, 7) is 2.55. The highest BCUT2D eigenvalue weighted by molar-refractivity contribution is 7.16. The van der Waals surface area contributed by atoms with Crippen LogP contribution in [0.2, 0.25) is 10.0 Å². The second-order valence-corrected chi connectivity index (χ2v) is 6.64. The lowest BCUT2D eigenvalue weighted by Crippen LogP contribution is -2.16. The lowest BCUT2D eigenvalue weighted by Gasteiger charge is -2.02. The molecule has 0 spiro atoms. The molecular weight excluding hydrogens is 358 g/mol.